The minimum absolute atomic E-state index is 0.0784. The Morgan fingerprint density at radius 3 is 2.75 bits per heavy atom. The number of hydrogen-bond acceptors (Lipinski definition) is 3. The van der Waals surface area contributed by atoms with Crippen LogP contribution in [0.25, 0.3) is 0 Å². The maximum Gasteiger partial charge on any atom is 0.0874 e. The molecule has 1 aliphatic rings. The van der Waals surface area contributed by atoms with Crippen molar-refractivity contribution in [2.75, 3.05) is 19.5 Å². The van der Waals surface area contributed by atoms with Crippen LogP contribution < -0.4 is 0 Å². The van der Waals surface area contributed by atoms with Crippen LogP contribution in [0.5, 0.6) is 0 Å². The molecule has 1 heterocycles. The quantitative estimate of drug-likeness (QED) is 0.821. The Bertz CT molecular complexity index is 323. The second-order valence-electron chi connectivity index (χ2n) is 4.15. The van der Waals surface area contributed by atoms with Gasteiger partial charge in [0.1, 0.15) is 0 Å². The summed E-state index contributed by atoms with van der Waals surface area (Å²) in [6, 6.07) is 8.47. The average Bonchev–Trinajstić information content (AvgIpc) is 2.39. The highest BCUT2D eigenvalue weighted by molar-refractivity contribution is 7.98. The van der Waals surface area contributed by atoms with Crippen LogP contribution in [0, 0.1) is 5.92 Å². The third-order valence-electron chi connectivity index (χ3n) is 3.12. The SMILES string of the molecule is CSc1ccc(C2OCCCC2CO)cc1. The Morgan fingerprint density at radius 1 is 1.38 bits per heavy atom. The largest absolute Gasteiger partial charge is 0.396 e. The van der Waals surface area contributed by atoms with E-state index in [0.29, 0.717) is 0 Å². The zero-order valence-corrected chi connectivity index (χ0v) is 10.4. The molecule has 2 unspecified atom stereocenters. The number of rotatable bonds is 3. The molecule has 16 heavy (non-hydrogen) atoms. The summed E-state index contributed by atoms with van der Waals surface area (Å²) in [5.74, 6) is 0.258. The fourth-order valence-electron chi connectivity index (χ4n) is 2.19. The third-order valence-corrected chi connectivity index (χ3v) is 3.87. The number of thioether (sulfide) groups is 1. The van der Waals surface area contributed by atoms with Gasteiger partial charge in [0.05, 0.1) is 6.10 Å². The van der Waals surface area contributed by atoms with E-state index in [9.17, 15) is 5.11 Å². The van der Waals surface area contributed by atoms with Crippen molar-refractivity contribution < 1.29 is 9.84 Å². The number of aliphatic hydroxyl groups is 1. The molecule has 1 aromatic rings. The second-order valence-corrected chi connectivity index (χ2v) is 5.03. The van der Waals surface area contributed by atoms with E-state index in [0.717, 1.165) is 19.4 Å². The molecule has 0 amide bonds. The van der Waals surface area contributed by atoms with Crippen molar-refractivity contribution in [2.45, 2.75) is 23.8 Å². The van der Waals surface area contributed by atoms with E-state index >= 15 is 0 Å². The molecule has 1 aliphatic heterocycles. The molecule has 1 N–H and O–H groups in total. The number of ether oxygens (including phenoxy) is 1. The van der Waals surface area contributed by atoms with Crippen molar-refractivity contribution in [1.29, 1.82) is 0 Å². The summed E-state index contributed by atoms with van der Waals surface area (Å²) in [6.45, 7) is 1.03. The van der Waals surface area contributed by atoms with Crippen LogP contribution in [0.2, 0.25) is 0 Å². The predicted octanol–water partition coefficient (Wildman–Crippen LogP) is 2.87. The molecule has 1 fully saturated rings. The van der Waals surface area contributed by atoms with Crippen molar-refractivity contribution in [2.24, 2.45) is 5.92 Å². The van der Waals surface area contributed by atoms with Gasteiger partial charge in [0, 0.05) is 24.0 Å². The maximum absolute atomic E-state index is 9.34. The van der Waals surface area contributed by atoms with Gasteiger partial charge in [-0.15, -0.1) is 11.8 Å². The van der Waals surface area contributed by atoms with E-state index < -0.39 is 0 Å². The molecule has 0 spiro atoms. The molecular weight excluding hydrogens is 220 g/mol. The van der Waals surface area contributed by atoms with E-state index in [1.54, 1.807) is 11.8 Å². The predicted molar refractivity (Wildman–Crippen MR) is 66.7 cm³/mol. The lowest BCUT2D eigenvalue weighted by Crippen LogP contribution is -2.25. The van der Waals surface area contributed by atoms with Gasteiger partial charge in [0.15, 0.2) is 0 Å². The van der Waals surface area contributed by atoms with Crippen molar-refractivity contribution in [3.05, 3.63) is 29.8 Å². The lowest BCUT2D eigenvalue weighted by Gasteiger charge is -2.30. The second kappa shape index (κ2) is 5.71. The molecule has 0 aromatic heterocycles. The van der Waals surface area contributed by atoms with Gasteiger partial charge < -0.3 is 9.84 Å². The standard InChI is InChI=1S/C13H18O2S/c1-16-12-6-4-10(5-7-12)13-11(9-14)3-2-8-15-13/h4-7,11,13-14H,2-3,8-9H2,1H3. The first-order chi connectivity index (χ1) is 7.85. The highest BCUT2D eigenvalue weighted by atomic mass is 32.2. The molecule has 2 rings (SSSR count). The summed E-state index contributed by atoms with van der Waals surface area (Å²) in [5.41, 5.74) is 1.19. The van der Waals surface area contributed by atoms with E-state index in [2.05, 4.69) is 30.5 Å². The van der Waals surface area contributed by atoms with E-state index in [4.69, 9.17) is 4.74 Å². The molecule has 1 aromatic carbocycles. The summed E-state index contributed by atoms with van der Waals surface area (Å²) < 4.78 is 5.77. The smallest absolute Gasteiger partial charge is 0.0874 e. The fraction of sp³-hybridized carbons (Fsp3) is 0.538. The van der Waals surface area contributed by atoms with Crippen LogP contribution in [0.15, 0.2) is 29.2 Å². The van der Waals surface area contributed by atoms with E-state index in [1.807, 2.05) is 0 Å². The summed E-state index contributed by atoms with van der Waals surface area (Å²) in [7, 11) is 0. The van der Waals surface area contributed by atoms with E-state index in [1.165, 1.54) is 10.5 Å². The molecule has 0 bridgehead atoms. The summed E-state index contributed by atoms with van der Waals surface area (Å²) in [4.78, 5) is 1.26. The Morgan fingerprint density at radius 2 is 2.12 bits per heavy atom. The molecule has 2 atom stereocenters. The summed E-state index contributed by atoms with van der Waals surface area (Å²) in [6.07, 6.45) is 4.27. The third kappa shape index (κ3) is 2.59. The molecule has 2 nitrogen and oxygen atoms in total. The molecule has 0 saturated carbocycles. The van der Waals surface area contributed by atoms with Gasteiger partial charge in [-0.2, -0.15) is 0 Å². The Kier molecular flexibility index (Phi) is 4.27. The maximum atomic E-state index is 9.34. The van der Waals surface area contributed by atoms with Gasteiger partial charge in [-0.1, -0.05) is 12.1 Å². The first kappa shape index (κ1) is 12.0. The average molecular weight is 238 g/mol. The van der Waals surface area contributed by atoms with Gasteiger partial charge in [0.2, 0.25) is 0 Å². The molecule has 1 saturated heterocycles. The zero-order valence-electron chi connectivity index (χ0n) is 9.56. The van der Waals surface area contributed by atoms with Crippen molar-refractivity contribution in [3.8, 4) is 0 Å². The van der Waals surface area contributed by atoms with Crippen LogP contribution in [-0.4, -0.2) is 24.6 Å². The van der Waals surface area contributed by atoms with Crippen LogP contribution in [0.4, 0.5) is 0 Å². The Balaban J connectivity index is 2.14. The molecule has 3 heteroatoms. The Labute approximate surface area is 101 Å². The summed E-state index contributed by atoms with van der Waals surface area (Å²) >= 11 is 1.74. The first-order valence-corrected chi connectivity index (χ1v) is 6.94. The Hall–Kier alpha value is -0.510. The zero-order chi connectivity index (χ0) is 11.4. The van der Waals surface area contributed by atoms with Crippen LogP contribution in [0.3, 0.4) is 0 Å². The molecule has 88 valence electrons. The monoisotopic (exact) mass is 238 g/mol. The highest BCUT2D eigenvalue weighted by Crippen LogP contribution is 2.33. The first-order valence-electron chi connectivity index (χ1n) is 5.71. The van der Waals surface area contributed by atoms with Gasteiger partial charge >= 0.3 is 0 Å². The summed E-state index contributed by atoms with van der Waals surface area (Å²) in [5, 5.41) is 9.34. The minimum atomic E-state index is 0.0784. The molecule has 0 radical (unpaired) electrons. The number of hydrogen-bond donors (Lipinski definition) is 1. The van der Waals surface area contributed by atoms with Crippen LogP contribution in [-0.2, 0) is 4.74 Å². The topological polar surface area (TPSA) is 29.5 Å². The van der Waals surface area contributed by atoms with Gasteiger partial charge in [-0.05, 0) is 36.8 Å². The fourth-order valence-corrected chi connectivity index (χ4v) is 2.60. The van der Waals surface area contributed by atoms with Crippen LogP contribution >= 0.6 is 11.8 Å². The van der Waals surface area contributed by atoms with E-state index in [-0.39, 0.29) is 18.6 Å². The number of aliphatic hydroxyl groups excluding tert-OH is 1. The normalized spacial score (nSPS) is 25.6. The number of benzene rings is 1. The molecular formula is C13H18O2S. The van der Waals surface area contributed by atoms with Crippen molar-refractivity contribution in [3.63, 3.8) is 0 Å². The lowest BCUT2D eigenvalue weighted by atomic mass is 9.90. The van der Waals surface area contributed by atoms with Crippen molar-refractivity contribution in [1.82, 2.24) is 0 Å². The highest BCUT2D eigenvalue weighted by Gasteiger charge is 2.26. The lowest BCUT2D eigenvalue weighted by molar-refractivity contribution is -0.0457. The van der Waals surface area contributed by atoms with Crippen LogP contribution in [0.1, 0.15) is 24.5 Å². The molecule has 0 aliphatic carbocycles. The van der Waals surface area contributed by atoms with Crippen molar-refractivity contribution >= 4 is 11.8 Å². The minimum Gasteiger partial charge on any atom is -0.396 e. The van der Waals surface area contributed by atoms with Gasteiger partial charge in [0.25, 0.3) is 0 Å². The van der Waals surface area contributed by atoms with Gasteiger partial charge in [-0.25, -0.2) is 0 Å². The van der Waals surface area contributed by atoms with Gasteiger partial charge in [-0.3, -0.25) is 0 Å².